The van der Waals surface area contributed by atoms with Gasteiger partial charge < -0.3 is 14.2 Å². The minimum Gasteiger partial charge on any atom is -0.462 e. The van der Waals surface area contributed by atoms with Crippen LogP contribution in [0.5, 0.6) is 0 Å². The smallest absolute Gasteiger partial charge is 0.322 e. The molecule has 0 saturated heterocycles. The maximum atomic E-state index is 11.9. The molecule has 1 aliphatic carbocycles. The van der Waals surface area contributed by atoms with Crippen LogP contribution in [0.2, 0.25) is 0 Å². The van der Waals surface area contributed by atoms with Gasteiger partial charge in [0.25, 0.3) is 0 Å². The molecule has 1 aliphatic rings. The molecule has 110 valence electrons. The number of carbonyl (C=O) groups is 2. The number of carbonyl (C=O) groups excluding carboxylic acids is 2. The first-order chi connectivity index (χ1) is 8.90. The Morgan fingerprint density at radius 2 is 1.47 bits per heavy atom. The molecule has 0 aliphatic heterocycles. The van der Waals surface area contributed by atoms with Crippen molar-refractivity contribution >= 4 is 11.9 Å². The van der Waals surface area contributed by atoms with Crippen LogP contribution >= 0.6 is 0 Å². The Bertz CT molecular complexity index is 285. The third-order valence-corrected chi connectivity index (χ3v) is 2.61. The van der Waals surface area contributed by atoms with Crippen LogP contribution in [-0.2, 0) is 23.8 Å². The molecule has 19 heavy (non-hydrogen) atoms. The molecule has 5 nitrogen and oxygen atoms in total. The number of hydrogen-bond donors (Lipinski definition) is 0. The third kappa shape index (κ3) is 6.57. The van der Waals surface area contributed by atoms with E-state index >= 15 is 0 Å². The molecule has 0 spiro atoms. The van der Waals surface area contributed by atoms with Gasteiger partial charge in [0.05, 0.1) is 18.8 Å². The van der Waals surface area contributed by atoms with E-state index in [0.717, 1.165) is 12.8 Å². The topological polar surface area (TPSA) is 61.8 Å². The highest BCUT2D eigenvalue weighted by atomic mass is 16.6. The van der Waals surface area contributed by atoms with E-state index in [0.29, 0.717) is 12.5 Å². The van der Waals surface area contributed by atoms with Crippen LogP contribution in [0.4, 0.5) is 0 Å². The van der Waals surface area contributed by atoms with Gasteiger partial charge in [-0.3, -0.25) is 9.59 Å². The van der Waals surface area contributed by atoms with E-state index in [1.165, 1.54) is 0 Å². The normalized spacial score (nSPS) is 15.1. The zero-order chi connectivity index (χ0) is 14.4. The summed E-state index contributed by atoms with van der Waals surface area (Å²) in [6.45, 7) is 7.61. The van der Waals surface area contributed by atoms with Crippen molar-refractivity contribution in [1.82, 2.24) is 0 Å². The second-order valence-electron chi connectivity index (χ2n) is 5.50. The molecule has 1 rings (SSSR count). The van der Waals surface area contributed by atoms with Crippen LogP contribution in [0.15, 0.2) is 0 Å². The predicted octanol–water partition coefficient (Wildman–Crippen LogP) is 1.93. The minimum absolute atomic E-state index is 0.0353. The fourth-order valence-corrected chi connectivity index (χ4v) is 1.50. The van der Waals surface area contributed by atoms with Crippen molar-refractivity contribution in [1.29, 1.82) is 0 Å². The Labute approximate surface area is 114 Å². The van der Waals surface area contributed by atoms with Crippen molar-refractivity contribution in [3.8, 4) is 0 Å². The summed E-state index contributed by atoms with van der Waals surface area (Å²) in [6.07, 6.45) is 1.81. The molecule has 0 atom stereocenters. The van der Waals surface area contributed by atoms with E-state index in [4.69, 9.17) is 14.2 Å². The zero-order valence-electron chi connectivity index (χ0n) is 12.2. The molecular weight excluding hydrogens is 248 g/mol. The minimum atomic E-state index is -0.983. The lowest BCUT2D eigenvalue weighted by atomic mass is 10.1. The van der Waals surface area contributed by atoms with Crippen molar-refractivity contribution in [2.45, 2.75) is 52.7 Å². The maximum absolute atomic E-state index is 11.9. The molecule has 0 aromatic carbocycles. The van der Waals surface area contributed by atoms with E-state index in [1.54, 1.807) is 27.7 Å². The summed E-state index contributed by atoms with van der Waals surface area (Å²) in [5.74, 6) is -1.54. The van der Waals surface area contributed by atoms with Gasteiger partial charge in [0.2, 0.25) is 0 Å². The van der Waals surface area contributed by atoms with Crippen molar-refractivity contribution < 1.29 is 23.8 Å². The first-order valence-corrected chi connectivity index (χ1v) is 6.88. The van der Waals surface area contributed by atoms with Crippen molar-refractivity contribution in [2.24, 2.45) is 11.8 Å². The molecule has 0 bridgehead atoms. The van der Waals surface area contributed by atoms with E-state index < -0.39 is 17.9 Å². The lowest BCUT2D eigenvalue weighted by molar-refractivity contribution is -0.169. The lowest BCUT2D eigenvalue weighted by Gasteiger charge is -2.18. The first kappa shape index (κ1) is 16.0. The summed E-state index contributed by atoms with van der Waals surface area (Å²) in [6, 6.07) is 0. The van der Waals surface area contributed by atoms with Gasteiger partial charge in [0, 0.05) is 6.61 Å². The Morgan fingerprint density at radius 3 is 1.84 bits per heavy atom. The number of hydrogen-bond acceptors (Lipinski definition) is 5. The molecule has 1 saturated carbocycles. The van der Waals surface area contributed by atoms with Gasteiger partial charge in [-0.05, 0) is 46.5 Å². The van der Waals surface area contributed by atoms with Crippen LogP contribution in [0.25, 0.3) is 0 Å². The summed E-state index contributed by atoms with van der Waals surface area (Å²) in [5.41, 5.74) is 0. The Morgan fingerprint density at radius 1 is 1.00 bits per heavy atom. The third-order valence-electron chi connectivity index (χ3n) is 2.61. The van der Waals surface area contributed by atoms with Crippen molar-refractivity contribution in [3.63, 3.8) is 0 Å². The average Bonchev–Trinajstić information content (AvgIpc) is 3.05. The van der Waals surface area contributed by atoms with Crippen LogP contribution in [0.1, 0.15) is 40.5 Å². The molecule has 5 heteroatoms. The van der Waals surface area contributed by atoms with Gasteiger partial charge in [-0.25, -0.2) is 0 Å². The van der Waals surface area contributed by atoms with E-state index in [-0.39, 0.29) is 18.8 Å². The van der Waals surface area contributed by atoms with Gasteiger partial charge in [-0.2, -0.15) is 0 Å². The second kappa shape index (κ2) is 7.48. The summed E-state index contributed by atoms with van der Waals surface area (Å²) in [5, 5.41) is 0. The molecule has 0 radical (unpaired) electrons. The molecule has 1 fully saturated rings. The van der Waals surface area contributed by atoms with Gasteiger partial charge in [-0.15, -0.1) is 0 Å². The summed E-state index contributed by atoms with van der Waals surface area (Å²) >= 11 is 0. The largest absolute Gasteiger partial charge is 0.462 e. The SMILES string of the molecule is CC(C)OC(=O)C(COCC1CC1)C(=O)OC(C)C. The molecule has 0 unspecified atom stereocenters. The van der Waals surface area contributed by atoms with Crippen LogP contribution < -0.4 is 0 Å². The summed E-state index contributed by atoms with van der Waals surface area (Å²) < 4.78 is 15.6. The molecule has 0 aromatic rings. The highest BCUT2D eigenvalue weighted by Crippen LogP contribution is 2.29. The molecule has 0 N–H and O–H groups in total. The lowest BCUT2D eigenvalue weighted by Crippen LogP contribution is -2.34. The van der Waals surface area contributed by atoms with Crippen LogP contribution in [0, 0.1) is 11.8 Å². The highest BCUT2D eigenvalue weighted by Gasteiger charge is 2.32. The molecule has 0 amide bonds. The van der Waals surface area contributed by atoms with Gasteiger partial charge in [0.15, 0.2) is 5.92 Å². The molecule has 0 aromatic heterocycles. The Hall–Kier alpha value is -1.10. The highest BCUT2D eigenvalue weighted by molar-refractivity contribution is 5.95. The van der Waals surface area contributed by atoms with Crippen LogP contribution in [-0.4, -0.2) is 37.4 Å². The van der Waals surface area contributed by atoms with Crippen molar-refractivity contribution in [2.75, 3.05) is 13.2 Å². The maximum Gasteiger partial charge on any atom is 0.322 e. The second-order valence-corrected chi connectivity index (χ2v) is 5.50. The summed E-state index contributed by atoms with van der Waals surface area (Å²) in [4.78, 5) is 23.7. The van der Waals surface area contributed by atoms with Crippen molar-refractivity contribution in [3.05, 3.63) is 0 Å². The Kier molecular flexibility index (Phi) is 6.28. The van der Waals surface area contributed by atoms with Gasteiger partial charge >= 0.3 is 11.9 Å². The van der Waals surface area contributed by atoms with E-state index in [2.05, 4.69) is 0 Å². The number of rotatable bonds is 8. The van der Waals surface area contributed by atoms with Gasteiger partial charge in [-0.1, -0.05) is 0 Å². The number of ether oxygens (including phenoxy) is 3. The first-order valence-electron chi connectivity index (χ1n) is 6.88. The quantitative estimate of drug-likeness (QED) is 0.499. The van der Waals surface area contributed by atoms with Gasteiger partial charge in [0.1, 0.15) is 0 Å². The predicted molar refractivity (Wildman–Crippen MR) is 69.5 cm³/mol. The number of esters is 2. The van der Waals surface area contributed by atoms with E-state index in [9.17, 15) is 9.59 Å². The summed E-state index contributed by atoms with van der Waals surface area (Å²) in [7, 11) is 0. The fraction of sp³-hybridized carbons (Fsp3) is 0.857. The molecular formula is C14H24O5. The fourth-order valence-electron chi connectivity index (χ4n) is 1.50. The van der Waals surface area contributed by atoms with Crippen LogP contribution in [0.3, 0.4) is 0 Å². The standard InChI is InChI=1S/C14H24O5/c1-9(2)18-13(15)12(14(16)19-10(3)4)8-17-7-11-5-6-11/h9-12H,5-8H2,1-4H3. The average molecular weight is 272 g/mol. The van der Waals surface area contributed by atoms with E-state index in [1.807, 2.05) is 0 Å². The molecule has 0 heterocycles. The zero-order valence-corrected chi connectivity index (χ0v) is 12.2. The monoisotopic (exact) mass is 272 g/mol. The Balaban J connectivity index is 2.48.